The van der Waals surface area contributed by atoms with Crippen LogP contribution in [0.2, 0.25) is 0 Å². The van der Waals surface area contributed by atoms with E-state index in [1.54, 1.807) is 12.1 Å². The van der Waals surface area contributed by atoms with Gasteiger partial charge >= 0.3 is 5.97 Å². The molecule has 1 aromatic rings. The van der Waals surface area contributed by atoms with Gasteiger partial charge in [-0.3, -0.25) is 4.79 Å². The zero-order valence-electron chi connectivity index (χ0n) is 9.68. The molecule has 1 rings (SSSR count). The maximum absolute atomic E-state index is 11.0. The van der Waals surface area contributed by atoms with Crippen molar-refractivity contribution in [1.82, 2.24) is 0 Å². The highest BCUT2D eigenvalue weighted by molar-refractivity contribution is 5.71. The van der Waals surface area contributed by atoms with Crippen LogP contribution in [0.4, 0.5) is 0 Å². The third kappa shape index (κ3) is 3.07. The van der Waals surface area contributed by atoms with Crippen molar-refractivity contribution < 1.29 is 15.0 Å². The van der Waals surface area contributed by atoms with Crippen molar-refractivity contribution in [2.75, 3.05) is 0 Å². The van der Waals surface area contributed by atoms with E-state index in [2.05, 4.69) is 0 Å². The maximum atomic E-state index is 11.0. The van der Waals surface area contributed by atoms with Crippen LogP contribution in [0.15, 0.2) is 24.3 Å². The molecular formula is C13H18O3. The minimum Gasteiger partial charge on any atom is -0.481 e. The highest BCUT2D eigenvalue weighted by Crippen LogP contribution is 2.26. The summed E-state index contributed by atoms with van der Waals surface area (Å²) >= 11 is 0. The number of rotatable bonds is 5. The van der Waals surface area contributed by atoms with Gasteiger partial charge in [-0.1, -0.05) is 43.2 Å². The minimum atomic E-state index is -0.935. The Balaban J connectivity index is 2.85. The van der Waals surface area contributed by atoms with Gasteiger partial charge in [0.15, 0.2) is 0 Å². The number of aliphatic carboxylic acids is 1. The van der Waals surface area contributed by atoms with Crippen molar-refractivity contribution in [2.45, 2.75) is 32.8 Å². The predicted octanol–water partition coefficient (Wildman–Crippen LogP) is 2.53. The van der Waals surface area contributed by atoms with E-state index in [4.69, 9.17) is 5.11 Å². The van der Waals surface area contributed by atoms with Crippen LogP contribution in [0.5, 0.6) is 0 Å². The average molecular weight is 222 g/mol. The molecule has 0 heterocycles. The molecule has 0 fully saturated rings. The Morgan fingerprint density at radius 2 is 1.88 bits per heavy atom. The van der Waals surface area contributed by atoms with Crippen molar-refractivity contribution in [1.29, 1.82) is 0 Å². The number of hydrogen-bond donors (Lipinski definition) is 2. The van der Waals surface area contributed by atoms with Crippen molar-refractivity contribution in [2.24, 2.45) is 5.92 Å². The summed E-state index contributed by atoms with van der Waals surface area (Å²) in [6, 6.07) is 7.32. The molecule has 3 nitrogen and oxygen atoms in total. The first kappa shape index (κ1) is 12.7. The van der Waals surface area contributed by atoms with Gasteiger partial charge in [-0.25, -0.2) is 0 Å². The zero-order valence-corrected chi connectivity index (χ0v) is 9.68. The third-order valence-corrected chi connectivity index (χ3v) is 2.72. The number of carboxylic acid groups (broad SMARTS) is 1. The van der Waals surface area contributed by atoms with Crippen LogP contribution in [-0.2, 0) is 4.79 Å². The molecule has 3 heteroatoms. The second-order valence-electron chi connectivity index (χ2n) is 4.09. The number of carbonyl (C=O) groups is 1. The molecule has 0 aliphatic carbocycles. The van der Waals surface area contributed by atoms with E-state index in [-0.39, 0.29) is 0 Å². The van der Waals surface area contributed by atoms with Crippen molar-refractivity contribution in [3.63, 3.8) is 0 Å². The first-order valence-electron chi connectivity index (χ1n) is 5.53. The first-order valence-corrected chi connectivity index (χ1v) is 5.53. The summed E-state index contributed by atoms with van der Waals surface area (Å²) < 4.78 is 0. The lowest BCUT2D eigenvalue weighted by Gasteiger charge is -2.18. The average Bonchev–Trinajstić information content (AvgIpc) is 2.25. The fourth-order valence-electron chi connectivity index (χ4n) is 1.72. The molecule has 0 aliphatic rings. The molecule has 0 aliphatic heterocycles. The van der Waals surface area contributed by atoms with Crippen molar-refractivity contribution in [3.8, 4) is 0 Å². The quantitative estimate of drug-likeness (QED) is 0.804. The second-order valence-corrected chi connectivity index (χ2v) is 4.09. The largest absolute Gasteiger partial charge is 0.481 e. The van der Waals surface area contributed by atoms with Gasteiger partial charge in [0, 0.05) is 0 Å². The molecule has 0 radical (unpaired) electrons. The van der Waals surface area contributed by atoms with Crippen LogP contribution < -0.4 is 0 Å². The van der Waals surface area contributed by atoms with E-state index in [0.717, 1.165) is 12.0 Å². The van der Waals surface area contributed by atoms with E-state index in [1.165, 1.54) is 0 Å². The second kappa shape index (κ2) is 5.66. The van der Waals surface area contributed by atoms with Gasteiger partial charge in [0.25, 0.3) is 0 Å². The predicted molar refractivity (Wildman–Crippen MR) is 62.2 cm³/mol. The molecule has 0 saturated carbocycles. The smallest absolute Gasteiger partial charge is 0.309 e. The van der Waals surface area contributed by atoms with Gasteiger partial charge in [-0.2, -0.15) is 0 Å². The number of aliphatic hydroxyl groups excluding tert-OH is 1. The van der Waals surface area contributed by atoms with Crippen molar-refractivity contribution in [3.05, 3.63) is 35.4 Å². The summed E-state index contributed by atoms with van der Waals surface area (Å²) in [4.78, 5) is 11.0. The summed E-state index contributed by atoms with van der Waals surface area (Å²) in [5, 5.41) is 19.0. The summed E-state index contributed by atoms with van der Waals surface area (Å²) in [5.41, 5.74) is 1.77. The van der Waals surface area contributed by atoms with Crippen molar-refractivity contribution >= 4 is 5.97 Å². The van der Waals surface area contributed by atoms with E-state index < -0.39 is 18.0 Å². The standard InChI is InChI=1S/C13H18O3/c1-3-4-11(13(15)16)12(14)10-7-5-9(2)6-8-10/h5-8,11-12,14H,3-4H2,1-2H3,(H,15,16). The lowest BCUT2D eigenvalue weighted by molar-refractivity contribution is -0.146. The molecule has 2 N–H and O–H groups in total. The lowest BCUT2D eigenvalue weighted by atomic mass is 9.91. The van der Waals surface area contributed by atoms with E-state index in [9.17, 15) is 9.90 Å². The summed E-state index contributed by atoms with van der Waals surface area (Å²) in [5.74, 6) is -1.65. The molecule has 88 valence electrons. The topological polar surface area (TPSA) is 57.5 Å². The Labute approximate surface area is 95.7 Å². The van der Waals surface area contributed by atoms with Gasteiger partial charge in [0.05, 0.1) is 12.0 Å². The fraction of sp³-hybridized carbons (Fsp3) is 0.462. The zero-order chi connectivity index (χ0) is 12.1. The molecular weight excluding hydrogens is 204 g/mol. The number of carboxylic acids is 1. The van der Waals surface area contributed by atoms with E-state index in [1.807, 2.05) is 26.0 Å². The number of aliphatic hydroxyl groups is 1. The lowest BCUT2D eigenvalue weighted by Crippen LogP contribution is -2.21. The molecule has 0 bridgehead atoms. The van der Waals surface area contributed by atoms with Crippen LogP contribution in [0.3, 0.4) is 0 Å². The fourth-order valence-corrected chi connectivity index (χ4v) is 1.72. The van der Waals surface area contributed by atoms with Crippen LogP contribution in [-0.4, -0.2) is 16.2 Å². The van der Waals surface area contributed by atoms with Crippen LogP contribution in [0.1, 0.15) is 37.0 Å². The summed E-state index contributed by atoms with van der Waals surface area (Å²) in [6.45, 7) is 3.87. The Hall–Kier alpha value is -1.35. The van der Waals surface area contributed by atoms with Gasteiger partial charge in [0.2, 0.25) is 0 Å². The summed E-state index contributed by atoms with van der Waals surface area (Å²) in [7, 11) is 0. The van der Waals surface area contributed by atoms with Gasteiger partial charge < -0.3 is 10.2 Å². The molecule has 1 aromatic carbocycles. The molecule has 2 atom stereocenters. The third-order valence-electron chi connectivity index (χ3n) is 2.72. The highest BCUT2D eigenvalue weighted by atomic mass is 16.4. The molecule has 0 spiro atoms. The normalized spacial score (nSPS) is 14.4. The van der Waals surface area contributed by atoms with Gasteiger partial charge in [-0.05, 0) is 18.9 Å². The molecule has 0 saturated heterocycles. The number of benzene rings is 1. The van der Waals surface area contributed by atoms with Gasteiger partial charge in [0.1, 0.15) is 0 Å². The number of hydrogen-bond acceptors (Lipinski definition) is 2. The molecule has 0 amide bonds. The number of aryl methyl sites for hydroxylation is 1. The minimum absolute atomic E-state index is 0.490. The molecule has 16 heavy (non-hydrogen) atoms. The highest BCUT2D eigenvalue weighted by Gasteiger charge is 2.26. The van der Waals surface area contributed by atoms with Crippen LogP contribution in [0.25, 0.3) is 0 Å². The molecule has 2 unspecified atom stereocenters. The Morgan fingerprint density at radius 3 is 2.31 bits per heavy atom. The first-order chi connectivity index (χ1) is 7.56. The molecule has 0 aromatic heterocycles. The Morgan fingerprint density at radius 1 is 1.31 bits per heavy atom. The SMILES string of the molecule is CCCC(C(=O)O)C(O)c1ccc(C)cc1. The van der Waals surface area contributed by atoms with Crippen LogP contribution in [0, 0.1) is 12.8 Å². The maximum Gasteiger partial charge on any atom is 0.309 e. The monoisotopic (exact) mass is 222 g/mol. The Bertz CT molecular complexity index is 343. The van der Waals surface area contributed by atoms with E-state index in [0.29, 0.717) is 12.0 Å². The van der Waals surface area contributed by atoms with E-state index >= 15 is 0 Å². The summed E-state index contributed by atoms with van der Waals surface area (Å²) in [6.07, 6.45) is 0.322. The van der Waals surface area contributed by atoms with Crippen LogP contribution >= 0.6 is 0 Å². The van der Waals surface area contributed by atoms with Gasteiger partial charge in [-0.15, -0.1) is 0 Å². The Kier molecular flexibility index (Phi) is 4.50.